The normalized spacial score (nSPS) is 13.5. The van der Waals surface area contributed by atoms with Crippen LogP contribution in [0.3, 0.4) is 0 Å². The molecule has 1 unspecified atom stereocenters. The van der Waals surface area contributed by atoms with E-state index in [1.54, 1.807) is 7.11 Å². The standard InChI is InChI=1S/C15H25NO2/c1-10-7-12(14(18-6)8-11(10)2)13(17)9-16-15(3,4)5/h7-8,13,16-17H,9H2,1-6H3. The van der Waals surface area contributed by atoms with Gasteiger partial charge in [-0.2, -0.15) is 0 Å². The van der Waals surface area contributed by atoms with Crippen molar-refractivity contribution in [3.63, 3.8) is 0 Å². The van der Waals surface area contributed by atoms with E-state index in [0.717, 1.165) is 11.3 Å². The smallest absolute Gasteiger partial charge is 0.124 e. The van der Waals surface area contributed by atoms with E-state index in [4.69, 9.17) is 4.74 Å². The van der Waals surface area contributed by atoms with Crippen molar-refractivity contribution >= 4 is 0 Å². The van der Waals surface area contributed by atoms with Crippen molar-refractivity contribution in [1.29, 1.82) is 0 Å². The summed E-state index contributed by atoms with van der Waals surface area (Å²) in [5, 5.41) is 13.6. The molecule has 3 heteroatoms. The zero-order valence-electron chi connectivity index (χ0n) is 12.3. The van der Waals surface area contributed by atoms with Gasteiger partial charge in [0.1, 0.15) is 5.75 Å². The lowest BCUT2D eigenvalue weighted by atomic mass is 10.0. The van der Waals surface area contributed by atoms with Crippen LogP contribution in [0.4, 0.5) is 0 Å². The topological polar surface area (TPSA) is 41.5 Å². The number of benzene rings is 1. The number of ether oxygens (including phenoxy) is 1. The van der Waals surface area contributed by atoms with Gasteiger partial charge in [0.15, 0.2) is 0 Å². The van der Waals surface area contributed by atoms with Gasteiger partial charge in [0, 0.05) is 17.6 Å². The van der Waals surface area contributed by atoms with Gasteiger partial charge in [0.2, 0.25) is 0 Å². The maximum Gasteiger partial charge on any atom is 0.124 e. The van der Waals surface area contributed by atoms with Crippen LogP contribution in [0.25, 0.3) is 0 Å². The molecule has 0 aliphatic heterocycles. The van der Waals surface area contributed by atoms with Crippen LogP contribution in [0.1, 0.15) is 43.6 Å². The SMILES string of the molecule is COc1cc(C)c(C)cc1C(O)CNC(C)(C)C. The molecule has 18 heavy (non-hydrogen) atoms. The molecule has 0 radical (unpaired) electrons. The number of nitrogens with one attached hydrogen (secondary N) is 1. The number of aliphatic hydroxyl groups is 1. The Morgan fingerprint density at radius 3 is 2.28 bits per heavy atom. The van der Waals surface area contributed by atoms with Crippen LogP contribution in [0.5, 0.6) is 5.75 Å². The second kappa shape index (κ2) is 5.72. The van der Waals surface area contributed by atoms with Crippen molar-refractivity contribution < 1.29 is 9.84 Å². The first kappa shape index (κ1) is 15.0. The first-order valence-corrected chi connectivity index (χ1v) is 6.33. The lowest BCUT2D eigenvalue weighted by Crippen LogP contribution is -2.38. The Labute approximate surface area is 110 Å². The Kier molecular flexibility index (Phi) is 4.77. The largest absolute Gasteiger partial charge is 0.496 e. The minimum absolute atomic E-state index is 0.00600. The quantitative estimate of drug-likeness (QED) is 0.864. The Morgan fingerprint density at radius 1 is 1.22 bits per heavy atom. The van der Waals surface area contributed by atoms with Crippen LogP contribution in [-0.4, -0.2) is 24.3 Å². The molecule has 0 heterocycles. The summed E-state index contributed by atoms with van der Waals surface area (Å²) in [6.07, 6.45) is -0.557. The van der Waals surface area contributed by atoms with E-state index in [1.807, 2.05) is 26.0 Å². The van der Waals surface area contributed by atoms with Crippen molar-refractivity contribution in [1.82, 2.24) is 5.32 Å². The van der Waals surface area contributed by atoms with Crippen LogP contribution < -0.4 is 10.1 Å². The summed E-state index contributed by atoms with van der Waals surface area (Å²) in [6.45, 7) is 10.8. The highest BCUT2D eigenvalue weighted by molar-refractivity contribution is 5.43. The van der Waals surface area contributed by atoms with Crippen molar-refractivity contribution in [2.75, 3.05) is 13.7 Å². The van der Waals surface area contributed by atoms with Crippen molar-refractivity contribution in [2.24, 2.45) is 0 Å². The highest BCUT2D eigenvalue weighted by atomic mass is 16.5. The predicted molar refractivity (Wildman–Crippen MR) is 75.2 cm³/mol. The zero-order valence-corrected chi connectivity index (χ0v) is 12.3. The van der Waals surface area contributed by atoms with Crippen molar-refractivity contribution in [2.45, 2.75) is 46.3 Å². The molecule has 1 atom stereocenters. The second-order valence-electron chi connectivity index (χ2n) is 5.83. The Morgan fingerprint density at radius 2 is 1.78 bits per heavy atom. The van der Waals surface area contributed by atoms with E-state index < -0.39 is 6.10 Å². The lowest BCUT2D eigenvalue weighted by molar-refractivity contribution is 0.159. The summed E-state index contributed by atoms with van der Waals surface area (Å²) in [5.41, 5.74) is 3.18. The summed E-state index contributed by atoms with van der Waals surface area (Å²) in [6, 6.07) is 3.98. The van der Waals surface area contributed by atoms with E-state index in [2.05, 4.69) is 26.1 Å². The Balaban J connectivity index is 2.91. The van der Waals surface area contributed by atoms with E-state index in [1.165, 1.54) is 11.1 Å². The number of aryl methyl sites for hydroxylation is 2. The second-order valence-corrected chi connectivity index (χ2v) is 5.83. The van der Waals surface area contributed by atoms with Crippen LogP contribution in [-0.2, 0) is 0 Å². The predicted octanol–water partition coefficient (Wildman–Crippen LogP) is 2.73. The molecule has 1 rings (SSSR count). The van der Waals surface area contributed by atoms with Crippen molar-refractivity contribution in [3.05, 3.63) is 28.8 Å². The minimum Gasteiger partial charge on any atom is -0.496 e. The van der Waals surface area contributed by atoms with Gasteiger partial charge in [-0.1, -0.05) is 0 Å². The molecule has 0 saturated carbocycles. The number of aliphatic hydroxyl groups excluding tert-OH is 1. The Hall–Kier alpha value is -1.06. The van der Waals surface area contributed by atoms with Gasteiger partial charge < -0.3 is 15.2 Å². The maximum absolute atomic E-state index is 10.3. The molecule has 0 aliphatic rings. The van der Waals surface area contributed by atoms with Gasteiger partial charge in [-0.25, -0.2) is 0 Å². The molecule has 3 nitrogen and oxygen atoms in total. The van der Waals surface area contributed by atoms with Gasteiger partial charge in [-0.05, 0) is 57.9 Å². The molecule has 0 bridgehead atoms. The molecule has 1 aromatic rings. The Bertz CT molecular complexity index is 408. The minimum atomic E-state index is -0.557. The first-order valence-electron chi connectivity index (χ1n) is 6.33. The third kappa shape index (κ3) is 4.00. The fraction of sp³-hybridized carbons (Fsp3) is 0.600. The molecule has 102 valence electrons. The van der Waals surface area contributed by atoms with E-state index in [-0.39, 0.29) is 5.54 Å². The van der Waals surface area contributed by atoms with E-state index >= 15 is 0 Å². The molecular weight excluding hydrogens is 226 g/mol. The van der Waals surface area contributed by atoms with Gasteiger partial charge in [0.25, 0.3) is 0 Å². The average Bonchev–Trinajstić information content (AvgIpc) is 2.28. The summed E-state index contributed by atoms with van der Waals surface area (Å²) in [4.78, 5) is 0. The molecule has 1 aromatic carbocycles. The van der Waals surface area contributed by atoms with Crippen molar-refractivity contribution in [3.8, 4) is 5.75 Å². The number of β-amino-alcohol motifs (C(OH)–C–C–N with tert-alkyl or cyclic N) is 1. The first-order chi connectivity index (χ1) is 8.24. The third-order valence-electron chi connectivity index (χ3n) is 3.03. The van der Waals surface area contributed by atoms with E-state index in [9.17, 15) is 5.11 Å². The van der Waals surface area contributed by atoms with Gasteiger partial charge in [-0.15, -0.1) is 0 Å². The van der Waals surface area contributed by atoms with Gasteiger partial charge in [0.05, 0.1) is 13.2 Å². The van der Waals surface area contributed by atoms with Crippen LogP contribution in [0, 0.1) is 13.8 Å². The number of hydrogen-bond acceptors (Lipinski definition) is 3. The summed E-state index contributed by atoms with van der Waals surface area (Å²) >= 11 is 0. The number of methoxy groups -OCH3 is 1. The summed E-state index contributed by atoms with van der Waals surface area (Å²) < 4.78 is 5.35. The monoisotopic (exact) mass is 251 g/mol. The highest BCUT2D eigenvalue weighted by Crippen LogP contribution is 2.28. The molecule has 0 spiro atoms. The lowest BCUT2D eigenvalue weighted by Gasteiger charge is -2.24. The highest BCUT2D eigenvalue weighted by Gasteiger charge is 2.17. The molecule has 0 fully saturated rings. The number of rotatable bonds is 4. The number of hydrogen-bond donors (Lipinski definition) is 2. The molecule has 0 amide bonds. The van der Waals surface area contributed by atoms with Gasteiger partial charge >= 0.3 is 0 Å². The summed E-state index contributed by atoms with van der Waals surface area (Å²) in [5.74, 6) is 0.751. The van der Waals surface area contributed by atoms with E-state index in [0.29, 0.717) is 6.54 Å². The average molecular weight is 251 g/mol. The fourth-order valence-corrected chi connectivity index (χ4v) is 1.76. The van der Waals surface area contributed by atoms with Gasteiger partial charge in [-0.3, -0.25) is 0 Å². The van der Waals surface area contributed by atoms with Crippen LogP contribution in [0.2, 0.25) is 0 Å². The molecule has 2 N–H and O–H groups in total. The molecule has 0 saturated heterocycles. The van der Waals surface area contributed by atoms with Crippen LogP contribution in [0.15, 0.2) is 12.1 Å². The van der Waals surface area contributed by atoms with Crippen LogP contribution >= 0.6 is 0 Å². The fourth-order valence-electron chi connectivity index (χ4n) is 1.76. The maximum atomic E-state index is 10.3. The third-order valence-corrected chi connectivity index (χ3v) is 3.03. The summed E-state index contributed by atoms with van der Waals surface area (Å²) in [7, 11) is 1.64. The zero-order chi connectivity index (χ0) is 13.9. The molecule has 0 aromatic heterocycles. The molecular formula is C15H25NO2. The molecule has 0 aliphatic carbocycles.